The highest BCUT2D eigenvalue weighted by molar-refractivity contribution is 6.03. The van der Waals surface area contributed by atoms with Crippen molar-refractivity contribution in [1.29, 1.82) is 0 Å². The number of aliphatic carboxylic acids is 1. The van der Waals surface area contributed by atoms with Crippen molar-refractivity contribution in [2.24, 2.45) is 10.9 Å². The van der Waals surface area contributed by atoms with E-state index in [2.05, 4.69) is 0 Å². The Balaban J connectivity index is 1.92. The zero-order valence-corrected chi connectivity index (χ0v) is 22.2. The van der Waals surface area contributed by atoms with Gasteiger partial charge in [0.05, 0.1) is 11.6 Å². The summed E-state index contributed by atoms with van der Waals surface area (Å²) in [6, 6.07) is 7.70. The largest absolute Gasteiger partial charge is 0.481 e. The SMILES string of the molecule is CC(C)(C)OC(=O)N1CCCN(C(=O)OC(C)(C)C)C1=Nc1cccc(C2CCC(C(=O)O)CC2)c1. The summed E-state index contributed by atoms with van der Waals surface area (Å²) in [6.07, 6.45) is 2.31. The van der Waals surface area contributed by atoms with E-state index < -0.39 is 29.4 Å². The summed E-state index contributed by atoms with van der Waals surface area (Å²) < 4.78 is 11.2. The standard InChI is InChI=1S/C27H39N3O6/c1-26(2,3)35-24(33)29-15-8-16-30(25(34)36-27(4,5)6)23(29)28-21-10-7-9-20(17-21)18-11-13-19(14-12-18)22(31)32/h7,9-10,17-19H,8,11-16H2,1-6H3,(H,31,32). The van der Waals surface area contributed by atoms with Crippen molar-refractivity contribution >= 4 is 29.8 Å². The molecule has 36 heavy (non-hydrogen) atoms. The van der Waals surface area contributed by atoms with Gasteiger partial charge in [0.15, 0.2) is 0 Å². The number of carbonyl (C=O) groups excluding carboxylic acids is 2. The van der Waals surface area contributed by atoms with E-state index in [-0.39, 0.29) is 17.8 Å². The second kappa shape index (κ2) is 10.9. The van der Waals surface area contributed by atoms with Gasteiger partial charge in [0.1, 0.15) is 11.2 Å². The molecule has 9 nitrogen and oxygen atoms in total. The van der Waals surface area contributed by atoms with Gasteiger partial charge in [-0.1, -0.05) is 12.1 Å². The Bertz CT molecular complexity index is 961. The van der Waals surface area contributed by atoms with E-state index in [1.165, 1.54) is 9.80 Å². The molecule has 0 spiro atoms. The number of carbonyl (C=O) groups is 3. The molecule has 0 unspecified atom stereocenters. The van der Waals surface area contributed by atoms with Gasteiger partial charge in [-0.3, -0.25) is 4.79 Å². The fraction of sp³-hybridized carbons (Fsp3) is 0.630. The molecule has 0 radical (unpaired) electrons. The molecule has 3 rings (SSSR count). The molecule has 2 amide bonds. The summed E-state index contributed by atoms with van der Waals surface area (Å²) in [4.78, 5) is 45.0. The maximum atomic E-state index is 13.1. The summed E-state index contributed by atoms with van der Waals surface area (Å²) in [5, 5.41) is 9.30. The first-order valence-electron chi connectivity index (χ1n) is 12.7. The quantitative estimate of drug-likeness (QED) is 0.551. The van der Waals surface area contributed by atoms with Crippen LogP contribution in [-0.4, -0.2) is 63.3 Å². The van der Waals surface area contributed by atoms with Gasteiger partial charge in [-0.05, 0) is 97.3 Å². The number of carboxylic acid groups (broad SMARTS) is 1. The number of amides is 2. The molecular formula is C27H39N3O6. The van der Waals surface area contributed by atoms with Crippen LogP contribution in [-0.2, 0) is 14.3 Å². The molecule has 9 heteroatoms. The maximum absolute atomic E-state index is 13.1. The zero-order chi connectivity index (χ0) is 26.7. The van der Waals surface area contributed by atoms with Gasteiger partial charge in [-0.15, -0.1) is 0 Å². The van der Waals surface area contributed by atoms with Crippen LogP contribution in [0.3, 0.4) is 0 Å². The van der Waals surface area contributed by atoms with Crippen molar-refractivity contribution in [2.75, 3.05) is 13.1 Å². The lowest BCUT2D eigenvalue weighted by molar-refractivity contribution is -0.142. The lowest BCUT2D eigenvalue weighted by Gasteiger charge is -2.37. The third-order valence-electron chi connectivity index (χ3n) is 6.12. The van der Waals surface area contributed by atoms with Crippen molar-refractivity contribution in [3.05, 3.63) is 29.8 Å². The van der Waals surface area contributed by atoms with Crippen molar-refractivity contribution in [1.82, 2.24) is 9.80 Å². The first-order valence-corrected chi connectivity index (χ1v) is 12.7. The van der Waals surface area contributed by atoms with E-state index in [4.69, 9.17) is 14.5 Å². The molecule has 1 saturated heterocycles. The number of benzene rings is 1. The van der Waals surface area contributed by atoms with Gasteiger partial charge in [0.2, 0.25) is 5.96 Å². The average Bonchev–Trinajstić information content (AvgIpc) is 2.77. The van der Waals surface area contributed by atoms with E-state index in [1.54, 1.807) is 41.5 Å². The highest BCUT2D eigenvalue weighted by atomic mass is 16.6. The fourth-order valence-corrected chi connectivity index (χ4v) is 4.47. The Morgan fingerprint density at radius 1 is 0.889 bits per heavy atom. The van der Waals surface area contributed by atoms with Gasteiger partial charge < -0.3 is 14.6 Å². The minimum atomic E-state index is -0.727. The van der Waals surface area contributed by atoms with E-state index in [9.17, 15) is 19.5 Å². The van der Waals surface area contributed by atoms with Crippen LogP contribution in [0.5, 0.6) is 0 Å². The van der Waals surface area contributed by atoms with Crippen molar-refractivity contribution < 1.29 is 29.0 Å². The molecule has 1 saturated carbocycles. The molecule has 1 N–H and O–H groups in total. The number of carboxylic acids is 1. The van der Waals surface area contributed by atoms with E-state index in [0.717, 1.165) is 18.4 Å². The third kappa shape index (κ3) is 7.45. The molecule has 2 fully saturated rings. The lowest BCUT2D eigenvalue weighted by atomic mass is 9.79. The molecule has 0 atom stereocenters. The Morgan fingerprint density at radius 3 is 1.89 bits per heavy atom. The number of guanidine groups is 1. The Morgan fingerprint density at radius 2 is 1.42 bits per heavy atom. The molecule has 0 bridgehead atoms. The number of ether oxygens (including phenoxy) is 2. The summed E-state index contributed by atoms with van der Waals surface area (Å²) in [5.41, 5.74) is 0.270. The Labute approximate surface area is 213 Å². The van der Waals surface area contributed by atoms with Gasteiger partial charge in [0.25, 0.3) is 0 Å². The molecular weight excluding hydrogens is 462 g/mol. The fourth-order valence-electron chi connectivity index (χ4n) is 4.47. The number of nitrogens with zero attached hydrogens (tertiary/aromatic N) is 3. The van der Waals surface area contributed by atoms with E-state index >= 15 is 0 Å². The molecule has 2 aliphatic rings. The average molecular weight is 502 g/mol. The Hall–Kier alpha value is -3.10. The number of aliphatic imine (C=N–C) groups is 1. The number of rotatable bonds is 3. The molecule has 1 aliphatic carbocycles. The molecule has 1 aromatic carbocycles. The first-order chi connectivity index (χ1) is 16.7. The summed E-state index contributed by atoms with van der Waals surface area (Å²) in [6.45, 7) is 11.5. The highest BCUT2D eigenvalue weighted by Crippen LogP contribution is 2.37. The normalized spacial score (nSPS) is 21.1. The van der Waals surface area contributed by atoms with Crippen molar-refractivity contribution in [3.8, 4) is 0 Å². The highest BCUT2D eigenvalue weighted by Gasteiger charge is 2.37. The first kappa shape index (κ1) is 27.5. The van der Waals surface area contributed by atoms with Gasteiger partial charge in [-0.2, -0.15) is 0 Å². The minimum absolute atomic E-state index is 0.177. The van der Waals surface area contributed by atoms with Crippen LogP contribution < -0.4 is 0 Å². The van der Waals surface area contributed by atoms with Crippen LogP contribution in [0, 0.1) is 5.92 Å². The third-order valence-corrected chi connectivity index (χ3v) is 6.12. The predicted molar refractivity (Wildman–Crippen MR) is 136 cm³/mol. The monoisotopic (exact) mass is 501 g/mol. The van der Waals surface area contributed by atoms with E-state index in [1.807, 2.05) is 24.3 Å². The van der Waals surface area contributed by atoms with Crippen LogP contribution in [0.15, 0.2) is 29.3 Å². The van der Waals surface area contributed by atoms with Gasteiger partial charge >= 0.3 is 18.2 Å². The summed E-state index contributed by atoms with van der Waals surface area (Å²) in [7, 11) is 0. The van der Waals surface area contributed by atoms with E-state index in [0.29, 0.717) is 38.0 Å². The molecule has 1 aromatic rings. The van der Waals surface area contributed by atoms with Crippen LogP contribution in [0.25, 0.3) is 0 Å². The predicted octanol–water partition coefficient (Wildman–Crippen LogP) is 5.91. The number of hydrogen-bond acceptors (Lipinski definition) is 6. The van der Waals surface area contributed by atoms with Gasteiger partial charge in [0, 0.05) is 13.1 Å². The minimum Gasteiger partial charge on any atom is -0.481 e. The zero-order valence-electron chi connectivity index (χ0n) is 22.2. The van der Waals surface area contributed by atoms with Crippen LogP contribution in [0.1, 0.15) is 85.1 Å². The topological polar surface area (TPSA) is 109 Å². The van der Waals surface area contributed by atoms with Crippen molar-refractivity contribution in [3.63, 3.8) is 0 Å². The maximum Gasteiger partial charge on any atom is 0.417 e. The van der Waals surface area contributed by atoms with Gasteiger partial charge in [-0.25, -0.2) is 24.4 Å². The second-order valence-corrected chi connectivity index (χ2v) is 11.5. The van der Waals surface area contributed by atoms with Crippen molar-refractivity contribution in [2.45, 2.75) is 90.8 Å². The molecule has 0 aromatic heterocycles. The Kier molecular flexibility index (Phi) is 8.31. The second-order valence-electron chi connectivity index (χ2n) is 11.5. The van der Waals surface area contributed by atoms with Crippen LogP contribution in [0.2, 0.25) is 0 Å². The smallest absolute Gasteiger partial charge is 0.417 e. The van der Waals surface area contributed by atoms with Crippen LogP contribution >= 0.6 is 0 Å². The summed E-state index contributed by atoms with van der Waals surface area (Å²) >= 11 is 0. The van der Waals surface area contributed by atoms with Crippen LogP contribution in [0.4, 0.5) is 15.3 Å². The summed E-state index contributed by atoms with van der Waals surface area (Å²) in [5.74, 6) is -0.584. The molecule has 1 aliphatic heterocycles. The lowest BCUT2D eigenvalue weighted by Crippen LogP contribution is -2.56. The molecule has 1 heterocycles. The number of hydrogen-bond donors (Lipinski definition) is 1. The molecule has 198 valence electrons.